The summed E-state index contributed by atoms with van der Waals surface area (Å²) in [4.78, 5) is 12.1. The maximum absolute atomic E-state index is 12.1. The number of carbonyl (C=O) groups is 1. The van der Waals surface area contributed by atoms with Gasteiger partial charge in [-0.15, -0.1) is 0 Å². The highest BCUT2D eigenvalue weighted by Gasteiger charge is 2.19. The zero-order valence-electron chi connectivity index (χ0n) is 12.1. The lowest BCUT2D eigenvalue weighted by Crippen LogP contribution is -2.31. The molecular weight excluding hydrogens is 318 g/mol. The van der Waals surface area contributed by atoms with Crippen molar-refractivity contribution in [3.63, 3.8) is 0 Å². The molecule has 1 aromatic rings. The Hall–Kier alpha value is -1.03. The number of amides is 1. The van der Waals surface area contributed by atoms with Crippen LogP contribution in [0, 0.1) is 11.8 Å². The number of halogens is 1. The molecule has 2 rings (SSSR count). The number of rotatable bonds is 4. The van der Waals surface area contributed by atoms with Gasteiger partial charge in [-0.25, -0.2) is 0 Å². The summed E-state index contributed by atoms with van der Waals surface area (Å²) in [7, 11) is 1.61. The Kier molecular flexibility index (Phi) is 5.46. The lowest BCUT2D eigenvalue weighted by molar-refractivity contribution is 0.0942. The van der Waals surface area contributed by atoms with Gasteiger partial charge in [0.15, 0.2) is 0 Å². The van der Waals surface area contributed by atoms with E-state index in [0.29, 0.717) is 11.5 Å². The largest absolute Gasteiger partial charge is 0.496 e. The molecule has 1 N–H and O–H groups in total. The van der Waals surface area contributed by atoms with Gasteiger partial charge in [-0.1, -0.05) is 19.8 Å². The first-order valence-corrected chi connectivity index (χ1v) is 8.01. The van der Waals surface area contributed by atoms with Crippen molar-refractivity contribution in [3.8, 4) is 5.75 Å². The second-order valence-corrected chi connectivity index (χ2v) is 6.54. The van der Waals surface area contributed by atoms with E-state index in [1.54, 1.807) is 25.3 Å². The molecule has 1 saturated carbocycles. The van der Waals surface area contributed by atoms with E-state index in [1.165, 1.54) is 25.7 Å². The monoisotopic (exact) mass is 339 g/mol. The van der Waals surface area contributed by atoms with Gasteiger partial charge in [0.05, 0.1) is 11.6 Å². The van der Waals surface area contributed by atoms with Crippen LogP contribution in [-0.4, -0.2) is 19.6 Å². The van der Waals surface area contributed by atoms with Gasteiger partial charge in [-0.3, -0.25) is 4.79 Å². The van der Waals surface area contributed by atoms with Crippen LogP contribution in [0.2, 0.25) is 0 Å². The van der Waals surface area contributed by atoms with Gasteiger partial charge in [-0.05, 0) is 58.8 Å². The minimum absolute atomic E-state index is 0.00743. The van der Waals surface area contributed by atoms with Gasteiger partial charge >= 0.3 is 0 Å². The van der Waals surface area contributed by atoms with E-state index in [-0.39, 0.29) is 5.91 Å². The standard InChI is InChI=1S/C16H22BrNO2/c1-11-3-5-12(6-4-11)10-18-16(19)13-7-8-15(20-2)14(17)9-13/h7-9,11-12H,3-6,10H2,1-2H3,(H,18,19). The molecule has 3 nitrogen and oxygen atoms in total. The number of carbonyl (C=O) groups excluding carboxylic acids is 1. The van der Waals surface area contributed by atoms with E-state index >= 15 is 0 Å². The topological polar surface area (TPSA) is 38.3 Å². The van der Waals surface area contributed by atoms with Crippen molar-refractivity contribution in [1.82, 2.24) is 5.32 Å². The minimum atomic E-state index is -0.00743. The number of nitrogens with one attached hydrogen (secondary N) is 1. The first kappa shape index (κ1) is 15.4. The maximum Gasteiger partial charge on any atom is 0.251 e. The minimum Gasteiger partial charge on any atom is -0.496 e. The third-order valence-corrected chi connectivity index (χ3v) is 4.72. The van der Waals surface area contributed by atoms with E-state index in [0.717, 1.165) is 22.7 Å². The molecule has 0 bridgehead atoms. The number of hydrogen-bond donors (Lipinski definition) is 1. The van der Waals surface area contributed by atoms with Crippen LogP contribution in [0.15, 0.2) is 22.7 Å². The molecule has 0 radical (unpaired) electrons. The smallest absolute Gasteiger partial charge is 0.251 e. The zero-order chi connectivity index (χ0) is 14.5. The molecule has 1 aliphatic rings. The fraction of sp³-hybridized carbons (Fsp3) is 0.562. The van der Waals surface area contributed by atoms with E-state index in [1.807, 2.05) is 0 Å². The molecule has 0 atom stereocenters. The van der Waals surface area contributed by atoms with Gasteiger partial charge in [-0.2, -0.15) is 0 Å². The van der Waals surface area contributed by atoms with Crippen LogP contribution in [0.4, 0.5) is 0 Å². The van der Waals surface area contributed by atoms with Crippen molar-refractivity contribution >= 4 is 21.8 Å². The highest BCUT2D eigenvalue weighted by Crippen LogP contribution is 2.28. The molecule has 1 aromatic carbocycles. The fourth-order valence-electron chi connectivity index (χ4n) is 2.68. The van der Waals surface area contributed by atoms with Crippen molar-refractivity contribution in [1.29, 1.82) is 0 Å². The summed E-state index contributed by atoms with van der Waals surface area (Å²) in [6, 6.07) is 5.40. The molecule has 1 aliphatic carbocycles. The Morgan fingerprint density at radius 2 is 2.05 bits per heavy atom. The van der Waals surface area contributed by atoms with Crippen molar-refractivity contribution in [2.75, 3.05) is 13.7 Å². The Bertz CT molecular complexity index is 468. The van der Waals surface area contributed by atoms with Crippen LogP contribution >= 0.6 is 15.9 Å². The summed E-state index contributed by atoms with van der Waals surface area (Å²) in [5.74, 6) is 2.21. The maximum atomic E-state index is 12.1. The lowest BCUT2D eigenvalue weighted by atomic mass is 9.83. The van der Waals surface area contributed by atoms with Crippen LogP contribution in [0.5, 0.6) is 5.75 Å². The molecule has 0 spiro atoms. The molecule has 1 fully saturated rings. The quantitative estimate of drug-likeness (QED) is 0.899. The van der Waals surface area contributed by atoms with Gasteiger partial charge < -0.3 is 10.1 Å². The molecule has 0 saturated heterocycles. The van der Waals surface area contributed by atoms with E-state index in [2.05, 4.69) is 28.2 Å². The highest BCUT2D eigenvalue weighted by molar-refractivity contribution is 9.10. The highest BCUT2D eigenvalue weighted by atomic mass is 79.9. The normalized spacial score (nSPS) is 22.4. The van der Waals surface area contributed by atoms with Crippen molar-refractivity contribution in [3.05, 3.63) is 28.2 Å². The Balaban J connectivity index is 1.87. The zero-order valence-corrected chi connectivity index (χ0v) is 13.7. The molecule has 0 aromatic heterocycles. The number of methoxy groups -OCH3 is 1. The Morgan fingerprint density at radius 1 is 1.35 bits per heavy atom. The summed E-state index contributed by atoms with van der Waals surface area (Å²) in [5, 5.41) is 3.05. The van der Waals surface area contributed by atoms with Crippen LogP contribution in [0.1, 0.15) is 43.0 Å². The number of ether oxygens (including phenoxy) is 1. The van der Waals surface area contributed by atoms with Crippen LogP contribution in [0.3, 0.4) is 0 Å². The Labute approximate surface area is 129 Å². The van der Waals surface area contributed by atoms with Gasteiger partial charge in [0.1, 0.15) is 5.75 Å². The summed E-state index contributed by atoms with van der Waals surface area (Å²) in [5.41, 5.74) is 0.668. The van der Waals surface area contributed by atoms with E-state index in [9.17, 15) is 4.79 Å². The third-order valence-electron chi connectivity index (χ3n) is 4.10. The summed E-state index contributed by atoms with van der Waals surface area (Å²) in [6.45, 7) is 3.10. The average Bonchev–Trinajstić information content (AvgIpc) is 2.46. The van der Waals surface area contributed by atoms with Crippen molar-refractivity contribution in [2.45, 2.75) is 32.6 Å². The second kappa shape index (κ2) is 7.11. The van der Waals surface area contributed by atoms with Crippen molar-refractivity contribution < 1.29 is 9.53 Å². The van der Waals surface area contributed by atoms with Gasteiger partial charge in [0.25, 0.3) is 5.91 Å². The molecule has 20 heavy (non-hydrogen) atoms. The third kappa shape index (κ3) is 3.98. The van der Waals surface area contributed by atoms with E-state index in [4.69, 9.17) is 4.74 Å². The Morgan fingerprint density at radius 3 is 2.65 bits per heavy atom. The predicted molar refractivity (Wildman–Crippen MR) is 84.1 cm³/mol. The molecular formula is C16H22BrNO2. The van der Waals surface area contributed by atoms with Crippen LogP contribution in [0.25, 0.3) is 0 Å². The fourth-order valence-corrected chi connectivity index (χ4v) is 3.22. The SMILES string of the molecule is COc1ccc(C(=O)NCC2CCC(C)CC2)cc1Br. The number of benzene rings is 1. The first-order valence-electron chi connectivity index (χ1n) is 7.22. The predicted octanol–water partition coefficient (Wildman–Crippen LogP) is 4.01. The molecule has 0 aliphatic heterocycles. The molecule has 4 heteroatoms. The van der Waals surface area contributed by atoms with Crippen LogP contribution < -0.4 is 10.1 Å². The molecule has 0 heterocycles. The molecule has 110 valence electrons. The average molecular weight is 340 g/mol. The summed E-state index contributed by atoms with van der Waals surface area (Å²) < 4.78 is 5.97. The molecule has 0 unspecified atom stereocenters. The van der Waals surface area contributed by atoms with Gasteiger partial charge in [0, 0.05) is 12.1 Å². The number of hydrogen-bond acceptors (Lipinski definition) is 2. The van der Waals surface area contributed by atoms with Crippen molar-refractivity contribution in [2.24, 2.45) is 11.8 Å². The lowest BCUT2D eigenvalue weighted by Gasteiger charge is -2.26. The summed E-state index contributed by atoms with van der Waals surface area (Å²) >= 11 is 3.40. The summed E-state index contributed by atoms with van der Waals surface area (Å²) in [6.07, 6.45) is 5.03. The second-order valence-electron chi connectivity index (χ2n) is 5.69. The van der Waals surface area contributed by atoms with Crippen LogP contribution in [-0.2, 0) is 0 Å². The van der Waals surface area contributed by atoms with Gasteiger partial charge in [0.2, 0.25) is 0 Å². The first-order chi connectivity index (χ1) is 9.60. The van der Waals surface area contributed by atoms with E-state index < -0.39 is 0 Å². The molecule has 1 amide bonds.